The second kappa shape index (κ2) is 7.24. The van der Waals surface area contributed by atoms with Gasteiger partial charge in [0.15, 0.2) is 0 Å². The van der Waals surface area contributed by atoms with E-state index in [0.29, 0.717) is 6.54 Å². The maximum atomic E-state index is 13.4. The highest BCUT2D eigenvalue weighted by atomic mass is 19.1. The third-order valence-electron chi connectivity index (χ3n) is 3.71. The summed E-state index contributed by atoms with van der Waals surface area (Å²) >= 11 is 0. The van der Waals surface area contributed by atoms with Gasteiger partial charge in [0, 0.05) is 6.54 Å². The summed E-state index contributed by atoms with van der Waals surface area (Å²) in [7, 11) is 3.73. The summed E-state index contributed by atoms with van der Waals surface area (Å²) in [5, 5.41) is 12.6. The number of hydrogen-bond donors (Lipinski definition) is 2. The molecule has 2 rings (SSSR count). The van der Waals surface area contributed by atoms with E-state index in [4.69, 9.17) is 0 Å². The molecule has 4 nitrogen and oxygen atoms in total. The van der Waals surface area contributed by atoms with E-state index in [1.807, 2.05) is 32.0 Å². The molecule has 1 amide bonds. The van der Waals surface area contributed by atoms with Crippen LogP contribution in [-0.4, -0.2) is 36.6 Å². The molecule has 2 aromatic rings. The molecule has 0 heterocycles. The molecular weight excluding hydrogens is 295 g/mol. The third-order valence-corrected chi connectivity index (χ3v) is 3.71. The second-order valence-electron chi connectivity index (χ2n) is 5.77. The van der Waals surface area contributed by atoms with Crippen molar-refractivity contribution >= 4 is 5.91 Å². The van der Waals surface area contributed by atoms with E-state index in [0.717, 1.165) is 11.1 Å². The van der Waals surface area contributed by atoms with Gasteiger partial charge in [0.25, 0.3) is 5.91 Å². The number of phenolic OH excluding ortho intramolecular Hbond substituents is 1. The van der Waals surface area contributed by atoms with Gasteiger partial charge in [-0.3, -0.25) is 4.79 Å². The van der Waals surface area contributed by atoms with Crippen LogP contribution in [0.5, 0.6) is 5.75 Å². The first-order chi connectivity index (χ1) is 10.9. The number of phenols is 1. The number of aryl methyl sites for hydroxylation is 1. The van der Waals surface area contributed by atoms with Gasteiger partial charge < -0.3 is 15.3 Å². The SMILES string of the molecule is Cc1ccc(O)c(C(=O)NC[C@H](c2cccc(F)c2)N(C)C)c1. The molecule has 0 aromatic heterocycles. The number of benzene rings is 2. The maximum absolute atomic E-state index is 13.4. The lowest BCUT2D eigenvalue weighted by Crippen LogP contribution is -2.34. The molecule has 0 saturated heterocycles. The molecule has 0 aliphatic carbocycles. The minimum atomic E-state index is -0.352. The average molecular weight is 316 g/mol. The monoisotopic (exact) mass is 316 g/mol. The Morgan fingerprint density at radius 2 is 2.00 bits per heavy atom. The van der Waals surface area contributed by atoms with Gasteiger partial charge in [0.2, 0.25) is 0 Å². The number of rotatable bonds is 5. The number of hydrogen-bond acceptors (Lipinski definition) is 3. The fourth-order valence-corrected chi connectivity index (χ4v) is 2.43. The first-order valence-corrected chi connectivity index (χ1v) is 7.38. The number of carbonyl (C=O) groups excluding carboxylic acids is 1. The van der Waals surface area contributed by atoms with Crippen molar-refractivity contribution in [3.63, 3.8) is 0 Å². The summed E-state index contributed by atoms with van der Waals surface area (Å²) < 4.78 is 13.4. The lowest BCUT2D eigenvalue weighted by molar-refractivity contribution is 0.0939. The Bertz CT molecular complexity index is 701. The van der Waals surface area contributed by atoms with Crippen molar-refractivity contribution in [1.82, 2.24) is 10.2 Å². The van der Waals surface area contributed by atoms with Crippen LogP contribution in [0.25, 0.3) is 0 Å². The van der Waals surface area contributed by atoms with Crippen LogP contribution >= 0.6 is 0 Å². The molecule has 0 saturated carbocycles. The predicted molar refractivity (Wildman–Crippen MR) is 88.0 cm³/mol. The summed E-state index contributed by atoms with van der Waals surface area (Å²) in [6, 6.07) is 11.0. The molecule has 0 aliphatic rings. The average Bonchev–Trinajstić information content (AvgIpc) is 2.49. The Morgan fingerprint density at radius 1 is 1.26 bits per heavy atom. The quantitative estimate of drug-likeness (QED) is 0.892. The minimum absolute atomic E-state index is 0.0553. The van der Waals surface area contributed by atoms with Gasteiger partial charge in [-0.1, -0.05) is 23.8 Å². The van der Waals surface area contributed by atoms with Crippen LogP contribution in [0.15, 0.2) is 42.5 Å². The van der Waals surface area contributed by atoms with Gasteiger partial charge in [-0.25, -0.2) is 4.39 Å². The van der Waals surface area contributed by atoms with E-state index in [9.17, 15) is 14.3 Å². The van der Waals surface area contributed by atoms with Crippen molar-refractivity contribution in [1.29, 1.82) is 0 Å². The fourth-order valence-electron chi connectivity index (χ4n) is 2.43. The molecule has 0 spiro atoms. The highest BCUT2D eigenvalue weighted by Gasteiger charge is 2.18. The second-order valence-corrected chi connectivity index (χ2v) is 5.77. The van der Waals surface area contributed by atoms with Crippen LogP contribution < -0.4 is 5.32 Å². The first-order valence-electron chi connectivity index (χ1n) is 7.38. The van der Waals surface area contributed by atoms with Crippen molar-refractivity contribution in [3.8, 4) is 5.75 Å². The van der Waals surface area contributed by atoms with Crippen LogP contribution in [0.1, 0.15) is 27.5 Å². The Morgan fingerprint density at radius 3 is 2.65 bits per heavy atom. The van der Waals surface area contributed by atoms with Gasteiger partial charge in [0.1, 0.15) is 11.6 Å². The van der Waals surface area contributed by atoms with Crippen molar-refractivity contribution in [2.45, 2.75) is 13.0 Å². The van der Waals surface area contributed by atoms with Gasteiger partial charge >= 0.3 is 0 Å². The van der Waals surface area contributed by atoms with E-state index in [-0.39, 0.29) is 29.1 Å². The smallest absolute Gasteiger partial charge is 0.255 e. The van der Waals surface area contributed by atoms with Gasteiger partial charge in [-0.05, 0) is 50.8 Å². The fraction of sp³-hybridized carbons (Fsp3) is 0.278. The molecule has 122 valence electrons. The van der Waals surface area contributed by atoms with Crippen molar-refractivity contribution in [2.24, 2.45) is 0 Å². The van der Waals surface area contributed by atoms with Gasteiger partial charge in [-0.2, -0.15) is 0 Å². The van der Waals surface area contributed by atoms with Crippen LogP contribution in [-0.2, 0) is 0 Å². The largest absolute Gasteiger partial charge is 0.507 e. The lowest BCUT2D eigenvalue weighted by Gasteiger charge is -2.25. The number of amides is 1. The Balaban J connectivity index is 2.13. The molecular formula is C18H21FN2O2. The number of nitrogens with one attached hydrogen (secondary N) is 1. The summed E-state index contributed by atoms with van der Waals surface area (Å²) in [5.41, 5.74) is 1.91. The molecule has 2 aromatic carbocycles. The topological polar surface area (TPSA) is 52.6 Å². The third kappa shape index (κ3) is 4.29. The highest BCUT2D eigenvalue weighted by Crippen LogP contribution is 2.20. The van der Waals surface area contributed by atoms with Crippen LogP contribution in [0.4, 0.5) is 4.39 Å². The number of likely N-dealkylation sites (N-methyl/N-ethyl adjacent to an activating group) is 1. The van der Waals surface area contributed by atoms with Gasteiger partial charge in [-0.15, -0.1) is 0 Å². The van der Waals surface area contributed by atoms with E-state index < -0.39 is 0 Å². The molecule has 0 bridgehead atoms. The molecule has 5 heteroatoms. The zero-order valence-corrected chi connectivity index (χ0v) is 13.5. The Kier molecular flexibility index (Phi) is 5.34. The molecule has 0 fully saturated rings. The van der Waals surface area contributed by atoms with Crippen molar-refractivity contribution in [3.05, 3.63) is 65.0 Å². The molecule has 0 aliphatic heterocycles. The number of halogens is 1. The first kappa shape index (κ1) is 17.0. The van der Waals surface area contributed by atoms with Crippen molar-refractivity contribution < 1.29 is 14.3 Å². The minimum Gasteiger partial charge on any atom is -0.507 e. The van der Waals surface area contributed by atoms with Crippen LogP contribution in [0.3, 0.4) is 0 Å². The molecule has 0 radical (unpaired) electrons. The summed E-state index contributed by atoms with van der Waals surface area (Å²) in [5.74, 6) is -0.716. The summed E-state index contributed by atoms with van der Waals surface area (Å²) in [6.45, 7) is 2.16. The molecule has 0 unspecified atom stereocenters. The molecule has 1 atom stereocenters. The van der Waals surface area contributed by atoms with Crippen LogP contribution in [0.2, 0.25) is 0 Å². The lowest BCUT2D eigenvalue weighted by atomic mass is 10.1. The molecule has 2 N–H and O–H groups in total. The zero-order valence-electron chi connectivity index (χ0n) is 13.5. The van der Waals surface area contributed by atoms with E-state index >= 15 is 0 Å². The molecule has 23 heavy (non-hydrogen) atoms. The summed E-state index contributed by atoms with van der Waals surface area (Å²) in [4.78, 5) is 14.2. The van der Waals surface area contributed by atoms with Crippen LogP contribution in [0, 0.1) is 12.7 Å². The highest BCUT2D eigenvalue weighted by molar-refractivity contribution is 5.97. The van der Waals surface area contributed by atoms with E-state index in [2.05, 4.69) is 5.32 Å². The van der Waals surface area contributed by atoms with E-state index in [1.54, 1.807) is 18.2 Å². The number of nitrogens with zero attached hydrogens (tertiary/aromatic N) is 1. The Labute approximate surface area is 135 Å². The number of carbonyl (C=O) groups is 1. The van der Waals surface area contributed by atoms with E-state index in [1.165, 1.54) is 18.2 Å². The maximum Gasteiger partial charge on any atom is 0.255 e. The standard InChI is InChI=1S/C18H21FN2O2/c1-12-7-8-17(22)15(9-12)18(23)20-11-16(21(2)3)13-5-4-6-14(19)10-13/h4-10,16,22H,11H2,1-3H3,(H,20,23)/t16-/m1/s1. The zero-order chi connectivity index (χ0) is 17.0. The summed E-state index contributed by atoms with van der Waals surface area (Å²) in [6.07, 6.45) is 0. The predicted octanol–water partition coefficient (Wildman–Crippen LogP) is 2.87. The number of aromatic hydroxyl groups is 1. The van der Waals surface area contributed by atoms with Crippen molar-refractivity contribution in [2.75, 3.05) is 20.6 Å². The Hall–Kier alpha value is -2.40. The normalized spacial score (nSPS) is 12.2. The van der Waals surface area contributed by atoms with Gasteiger partial charge in [0.05, 0.1) is 11.6 Å².